The maximum absolute atomic E-state index is 13.6. The summed E-state index contributed by atoms with van der Waals surface area (Å²) in [6.07, 6.45) is 0. The number of thioether (sulfide) groups is 2. The van der Waals surface area contributed by atoms with Gasteiger partial charge >= 0.3 is 5.69 Å². The largest absolute Gasteiger partial charge is 0.508 e. The Morgan fingerprint density at radius 3 is 2.68 bits per heavy atom. The van der Waals surface area contributed by atoms with Crippen LogP contribution in [0.3, 0.4) is 0 Å². The Balaban J connectivity index is 1.68. The van der Waals surface area contributed by atoms with Gasteiger partial charge in [0, 0.05) is 11.5 Å². The first-order valence-corrected chi connectivity index (χ1v) is 9.32. The number of nitrogens with zero attached hydrogens (tertiary/aromatic N) is 2. The summed E-state index contributed by atoms with van der Waals surface area (Å²) in [5.41, 5.74) is 0.944. The van der Waals surface area contributed by atoms with Gasteiger partial charge in [-0.15, -0.1) is 0 Å². The van der Waals surface area contributed by atoms with E-state index in [2.05, 4.69) is 15.0 Å². The molecule has 0 unspecified atom stereocenters. The van der Waals surface area contributed by atoms with E-state index in [-0.39, 0.29) is 11.6 Å². The van der Waals surface area contributed by atoms with Gasteiger partial charge in [0.25, 0.3) is 0 Å². The highest BCUT2D eigenvalue weighted by Crippen LogP contribution is 2.24. The van der Waals surface area contributed by atoms with E-state index in [1.54, 1.807) is 36.4 Å². The van der Waals surface area contributed by atoms with E-state index in [0.29, 0.717) is 27.4 Å². The molecule has 0 amide bonds. The molecule has 128 valence electrons. The Hall–Kier alpha value is -2.32. The lowest BCUT2D eigenvalue weighted by molar-refractivity contribution is 0.475. The van der Waals surface area contributed by atoms with Crippen molar-refractivity contribution in [3.05, 3.63) is 76.0 Å². The Labute approximate surface area is 151 Å². The number of hydrogen-bond donors (Lipinski definition) is 2. The lowest BCUT2D eigenvalue weighted by Crippen LogP contribution is -2.13. The molecule has 1 heterocycles. The first-order valence-electron chi connectivity index (χ1n) is 7.35. The number of benzene rings is 2. The zero-order chi connectivity index (χ0) is 17.6. The van der Waals surface area contributed by atoms with Gasteiger partial charge in [-0.3, -0.25) is 4.98 Å². The number of hydrogen-bond acceptors (Lipinski definition) is 6. The predicted molar refractivity (Wildman–Crippen MR) is 96.3 cm³/mol. The van der Waals surface area contributed by atoms with Crippen molar-refractivity contribution in [2.24, 2.45) is 0 Å². The maximum Gasteiger partial charge on any atom is 0.349 e. The van der Waals surface area contributed by atoms with Gasteiger partial charge in [0.05, 0.1) is 0 Å². The molecule has 0 saturated heterocycles. The lowest BCUT2D eigenvalue weighted by atomic mass is 10.2. The van der Waals surface area contributed by atoms with Crippen molar-refractivity contribution in [3.8, 4) is 5.75 Å². The summed E-state index contributed by atoms with van der Waals surface area (Å²) in [6, 6.07) is 13.3. The van der Waals surface area contributed by atoms with Crippen LogP contribution in [-0.2, 0) is 11.5 Å². The summed E-state index contributed by atoms with van der Waals surface area (Å²) in [5, 5.41) is 10.2. The van der Waals surface area contributed by atoms with Gasteiger partial charge in [-0.05, 0) is 29.3 Å². The molecule has 0 aliphatic carbocycles. The van der Waals surface area contributed by atoms with Crippen molar-refractivity contribution in [3.63, 3.8) is 0 Å². The molecule has 3 rings (SSSR count). The van der Waals surface area contributed by atoms with Crippen molar-refractivity contribution in [1.29, 1.82) is 0 Å². The zero-order valence-electron chi connectivity index (χ0n) is 13.0. The third kappa shape index (κ3) is 5.07. The van der Waals surface area contributed by atoms with Crippen LogP contribution in [0.2, 0.25) is 0 Å². The molecule has 0 aliphatic rings. The van der Waals surface area contributed by atoms with Gasteiger partial charge in [-0.1, -0.05) is 53.9 Å². The fourth-order valence-corrected chi connectivity index (χ4v) is 3.71. The molecular weight excluding hydrogens is 361 g/mol. The standard InChI is InChI=1S/C17H14FN3O2S2/c18-14-7-2-1-5-12(14)10-25-17-20-15(23)19-16(21-17)24-9-11-4-3-6-13(22)8-11/h1-8,22H,9-10H2,(H,19,20,21,23). The van der Waals surface area contributed by atoms with Gasteiger partial charge < -0.3 is 5.11 Å². The average molecular weight is 375 g/mol. The van der Waals surface area contributed by atoms with Crippen LogP contribution in [0.25, 0.3) is 0 Å². The van der Waals surface area contributed by atoms with Crippen molar-refractivity contribution in [2.75, 3.05) is 0 Å². The topological polar surface area (TPSA) is 78.9 Å². The molecule has 0 spiro atoms. The van der Waals surface area contributed by atoms with Crippen molar-refractivity contribution >= 4 is 23.5 Å². The highest BCUT2D eigenvalue weighted by molar-refractivity contribution is 7.99. The SMILES string of the molecule is O=c1nc(SCc2cccc(O)c2)nc(SCc2ccccc2F)[nH]1. The first kappa shape index (κ1) is 17.5. The molecule has 0 saturated carbocycles. The van der Waals surface area contributed by atoms with E-state index in [1.807, 2.05) is 6.07 Å². The van der Waals surface area contributed by atoms with E-state index >= 15 is 0 Å². The van der Waals surface area contributed by atoms with E-state index in [4.69, 9.17) is 0 Å². The molecule has 0 radical (unpaired) electrons. The van der Waals surface area contributed by atoms with E-state index in [9.17, 15) is 14.3 Å². The minimum absolute atomic E-state index is 0.186. The number of phenolic OH excluding ortho intramolecular Hbond substituents is 1. The number of aromatic nitrogens is 3. The van der Waals surface area contributed by atoms with Gasteiger partial charge in [-0.2, -0.15) is 9.97 Å². The van der Waals surface area contributed by atoms with E-state index in [1.165, 1.54) is 29.6 Å². The van der Waals surface area contributed by atoms with Crippen LogP contribution in [0.5, 0.6) is 5.75 Å². The molecule has 2 N–H and O–H groups in total. The minimum atomic E-state index is -0.496. The van der Waals surface area contributed by atoms with Crippen LogP contribution in [0.15, 0.2) is 63.6 Å². The van der Waals surface area contributed by atoms with Gasteiger partial charge in [-0.25, -0.2) is 9.18 Å². The molecule has 3 aromatic rings. The lowest BCUT2D eigenvalue weighted by Gasteiger charge is -2.05. The third-order valence-corrected chi connectivity index (χ3v) is 5.05. The fourth-order valence-electron chi connectivity index (χ4n) is 2.03. The van der Waals surface area contributed by atoms with Crippen LogP contribution < -0.4 is 5.69 Å². The van der Waals surface area contributed by atoms with Crippen molar-refractivity contribution < 1.29 is 9.50 Å². The maximum atomic E-state index is 13.6. The molecule has 0 aliphatic heterocycles. The summed E-state index contributed by atoms with van der Waals surface area (Å²) in [4.78, 5) is 22.4. The molecule has 8 heteroatoms. The molecule has 5 nitrogen and oxygen atoms in total. The Morgan fingerprint density at radius 1 is 1.04 bits per heavy atom. The van der Waals surface area contributed by atoms with Gasteiger partial charge in [0.15, 0.2) is 10.3 Å². The Kier molecular flexibility index (Phi) is 5.72. The van der Waals surface area contributed by atoms with Crippen molar-refractivity contribution in [1.82, 2.24) is 15.0 Å². The number of aromatic hydroxyl groups is 1. The molecule has 0 atom stereocenters. The number of H-pyrrole nitrogens is 1. The highest BCUT2D eigenvalue weighted by atomic mass is 32.2. The van der Waals surface area contributed by atoms with Crippen molar-refractivity contribution in [2.45, 2.75) is 21.8 Å². The molecule has 25 heavy (non-hydrogen) atoms. The fraction of sp³-hybridized carbons (Fsp3) is 0.118. The number of nitrogens with one attached hydrogen (secondary N) is 1. The first-order chi connectivity index (χ1) is 12.1. The predicted octanol–water partition coefficient (Wildman–Crippen LogP) is 3.59. The smallest absolute Gasteiger partial charge is 0.349 e. The summed E-state index contributed by atoms with van der Waals surface area (Å²) < 4.78 is 13.6. The van der Waals surface area contributed by atoms with E-state index < -0.39 is 5.69 Å². The van der Waals surface area contributed by atoms with Crippen LogP contribution in [0, 0.1) is 5.82 Å². The summed E-state index contributed by atoms with van der Waals surface area (Å²) in [7, 11) is 0. The van der Waals surface area contributed by atoms with Crippen LogP contribution in [0.4, 0.5) is 4.39 Å². The highest BCUT2D eigenvalue weighted by Gasteiger charge is 2.07. The molecule has 0 fully saturated rings. The summed E-state index contributed by atoms with van der Waals surface area (Å²) >= 11 is 2.53. The molecule has 1 aromatic heterocycles. The molecular formula is C17H14FN3O2S2. The number of phenols is 1. The second-order valence-electron chi connectivity index (χ2n) is 5.08. The van der Waals surface area contributed by atoms with Gasteiger partial charge in [0.1, 0.15) is 11.6 Å². The quantitative estimate of drug-likeness (QED) is 0.641. The number of aromatic amines is 1. The van der Waals surface area contributed by atoms with Crippen LogP contribution in [-0.4, -0.2) is 20.1 Å². The summed E-state index contributed by atoms with van der Waals surface area (Å²) in [6.45, 7) is 0. The average Bonchev–Trinajstić information content (AvgIpc) is 2.59. The Bertz CT molecular complexity index is 934. The van der Waals surface area contributed by atoms with Crippen LogP contribution in [0.1, 0.15) is 11.1 Å². The van der Waals surface area contributed by atoms with Gasteiger partial charge in [0.2, 0.25) is 0 Å². The normalized spacial score (nSPS) is 10.8. The molecule has 2 aromatic carbocycles. The minimum Gasteiger partial charge on any atom is -0.508 e. The monoisotopic (exact) mass is 375 g/mol. The number of rotatable bonds is 6. The summed E-state index contributed by atoms with van der Waals surface area (Å²) in [5.74, 6) is 0.780. The second-order valence-corrected chi connectivity index (χ2v) is 6.99. The molecule has 0 bridgehead atoms. The Morgan fingerprint density at radius 2 is 1.88 bits per heavy atom. The third-order valence-electron chi connectivity index (χ3n) is 3.21. The van der Waals surface area contributed by atoms with E-state index in [0.717, 1.165) is 5.56 Å². The van der Waals surface area contributed by atoms with Crippen LogP contribution >= 0.6 is 23.5 Å². The number of halogens is 1. The second kappa shape index (κ2) is 8.17. The zero-order valence-corrected chi connectivity index (χ0v) is 14.6.